The summed E-state index contributed by atoms with van der Waals surface area (Å²) in [6, 6.07) is 22.6. The first-order valence-corrected chi connectivity index (χ1v) is 17.0. The quantitative estimate of drug-likeness (QED) is 0.267. The van der Waals surface area contributed by atoms with Crippen LogP contribution in [-0.4, -0.2) is 80.2 Å². The van der Waals surface area contributed by atoms with Crippen LogP contribution in [-0.2, 0) is 0 Å². The molecule has 2 saturated heterocycles. The molecule has 2 aromatic heterocycles. The summed E-state index contributed by atoms with van der Waals surface area (Å²) in [5.74, 6) is 11.5. The highest BCUT2D eigenvalue weighted by Crippen LogP contribution is 2.30. The minimum absolute atomic E-state index is 0.0949. The number of hydrogen-bond acceptors (Lipinski definition) is 6. The number of pyridine rings is 2. The SMILES string of the molecule is CC1(C)CN(C(=O)c2ccc(C#Cc3ccc(F)cc3)cn2)CCC1O.CC1(C)CN(C(=O)c2ccc(C#Cc3ccccc3)cn2)CCC1O. The second kappa shape index (κ2) is 16.1. The Morgan fingerprint density at radius 3 is 1.41 bits per heavy atom. The second-order valence-corrected chi connectivity index (χ2v) is 14.3. The molecule has 2 fully saturated rings. The number of piperidine rings is 2. The van der Waals surface area contributed by atoms with Gasteiger partial charge in [0.2, 0.25) is 0 Å². The number of halogens is 1. The number of likely N-dealkylation sites (tertiary alicyclic amines) is 2. The fraction of sp³-hybridized carbons (Fsp3) is 0.333. The van der Waals surface area contributed by atoms with Crippen LogP contribution in [0, 0.1) is 40.3 Å². The summed E-state index contributed by atoms with van der Waals surface area (Å²) in [6.45, 7) is 9.99. The van der Waals surface area contributed by atoms with Crippen LogP contribution in [0.4, 0.5) is 4.39 Å². The van der Waals surface area contributed by atoms with Crippen LogP contribution in [0.25, 0.3) is 0 Å². The molecule has 4 heterocycles. The number of aliphatic hydroxyl groups is 2. The number of amides is 2. The summed E-state index contributed by atoms with van der Waals surface area (Å²) in [5, 5.41) is 20.0. The van der Waals surface area contributed by atoms with Gasteiger partial charge in [0.25, 0.3) is 11.8 Å². The molecule has 9 heteroatoms. The third kappa shape index (κ3) is 9.88. The predicted molar refractivity (Wildman–Crippen MR) is 194 cm³/mol. The van der Waals surface area contributed by atoms with E-state index in [2.05, 4.69) is 33.6 Å². The van der Waals surface area contributed by atoms with Crippen LogP contribution in [0.5, 0.6) is 0 Å². The van der Waals surface area contributed by atoms with Crippen molar-refractivity contribution >= 4 is 11.8 Å². The zero-order valence-corrected chi connectivity index (χ0v) is 29.4. The number of rotatable bonds is 2. The molecule has 0 radical (unpaired) electrons. The fourth-order valence-corrected chi connectivity index (χ4v) is 5.89. The zero-order chi connectivity index (χ0) is 36.6. The van der Waals surface area contributed by atoms with Crippen molar-refractivity contribution in [1.29, 1.82) is 0 Å². The summed E-state index contributed by atoms with van der Waals surface area (Å²) < 4.78 is 12.9. The van der Waals surface area contributed by atoms with Crippen molar-refractivity contribution in [2.45, 2.75) is 52.7 Å². The third-order valence-electron chi connectivity index (χ3n) is 9.21. The summed E-state index contributed by atoms with van der Waals surface area (Å²) >= 11 is 0. The van der Waals surface area contributed by atoms with Gasteiger partial charge < -0.3 is 20.0 Å². The lowest BCUT2D eigenvalue weighted by Gasteiger charge is -2.41. The van der Waals surface area contributed by atoms with Gasteiger partial charge in [0.05, 0.1) is 12.2 Å². The highest BCUT2D eigenvalue weighted by Gasteiger charge is 2.38. The molecule has 2 aliphatic heterocycles. The number of benzene rings is 2. The van der Waals surface area contributed by atoms with E-state index in [1.165, 1.54) is 12.1 Å². The first kappa shape index (κ1) is 36.9. The van der Waals surface area contributed by atoms with Crippen molar-refractivity contribution in [3.63, 3.8) is 0 Å². The molecule has 2 atom stereocenters. The van der Waals surface area contributed by atoms with Crippen LogP contribution in [0.1, 0.15) is 83.8 Å². The van der Waals surface area contributed by atoms with Crippen molar-refractivity contribution in [2.75, 3.05) is 26.2 Å². The summed E-state index contributed by atoms with van der Waals surface area (Å²) in [6.07, 6.45) is 3.59. The van der Waals surface area contributed by atoms with E-state index in [1.807, 2.05) is 64.1 Å². The molecule has 2 amide bonds. The smallest absolute Gasteiger partial charge is 0.272 e. The van der Waals surface area contributed by atoms with E-state index in [-0.39, 0.29) is 34.6 Å². The number of carbonyl (C=O) groups is 2. The van der Waals surface area contributed by atoms with Crippen molar-refractivity contribution in [1.82, 2.24) is 19.8 Å². The molecule has 2 aliphatic rings. The highest BCUT2D eigenvalue weighted by atomic mass is 19.1. The highest BCUT2D eigenvalue weighted by molar-refractivity contribution is 5.93. The maximum atomic E-state index is 12.9. The van der Waals surface area contributed by atoms with Gasteiger partial charge in [-0.3, -0.25) is 9.59 Å². The molecule has 2 unspecified atom stereocenters. The number of hydrogen-bond donors (Lipinski definition) is 2. The van der Waals surface area contributed by atoms with Gasteiger partial charge in [0, 0.05) is 71.7 Å². The number of aromatic nitrogens is 2. The molecule has 0 saturated carbocycles. The minimum atomic E-state index is -0.399. The Hall–Kier alpha value is -5.35. The van der Waals surface area contributed by atoms with E-state index >= 15 is 0 Å². The van der Waals surface area contributed by atoms with Gasteiger partial charge in [-0.15, -0.1) is 0 Å². The Labute approximate surface area is 299 Å². The van der Waals surface area contributed by atoms with Crippen LogP contribution >= 0.6 is 0 Å². The summed E-state index contributed by atoms with van der Waals surface area (Å²) in [5.41, 5.74) is 3.26. The standard InChI is InChI=1S/C21H21FN2O2.C21H22N2O2/c1-21(2)14-24(12-11-19(21)25)20(26)18-10-7-16(13-23-18)4-3-15-5-8-17(22)9-6-15;1-21(2)15-23(13-12-19(21)24)20(25)18-11-10-17(14-22-18)9-8-16-6-4-3-5-7-16/h5-10,13,19,25H,11-12,14H2,1-2H3;3-7,10-11,14,19,24H,12-13,15H2,1-2H3. The molecule has 2 N–H and O–H groups in total. The van der Waals surface area contributed by atoms with Crippen LogP contribution < -0.4 is 0 Å². The average molecular weight is 687 g/mol. The first-order chi connectivity index (χ1) is 24.3. The number of aliphatic hydroxyl groups excluding tert-OH is 2. The molecule has 4 aromatic rings. The van der Waals surface area contributed by atoms with Gasteiger partial charge in [-0.2, -0.15) is 0 Å². The Balaban J connectivity index is 0.000000198. The Morgan fingerprint density at radius 1 is 0.627 bits per heavy atom. The van der Waals surface area contributed by atoms with Gasteiger partial charge in [-0.05, 0) is 73.5 Å². The topological polar surface area (TPSA) is 107 Å². The van der Waals surface area contributed by atoms with E-state index in [9.17, 15) is 24.2 Å². The van der Waals surface area contributed by atoms with Crippen molar-refractivity contribution in [2.24, 2.45) is 10.8 Å². The van der Waals surface area contributed by atoms with E-state index < -0.39 is 6.10 Å². The van der Waals surface area contributed by atoms with Crippen molar-refractivity contribution in [3.8, 4) is 23.7 Å². The molecule has 8 nitrogen and oxygen atoms in total. The van der Waals surface area contributed by atoms with E-state index in [0.717, 1.165) is 11.1 Å². The first-order valence-electron chi connectivity index (χ1n) is 17.0. The Bertz CT molecular complexity index is 1940. The van der Waals surface area contributed by atoms with Gasteiger partial charge in [0.15, 0.2) is 0 Å². The maximum Gasteiger partial charge on any atom is 0.272 e. The van der Waals surface area contributed by atoms with Crippen LogP contribution in [0.2, 0.25) is 0 Å². The number of carbonyl (C=O) groups excluding carboxylic acids is 2. The van der Waals surface area contributed by atoms with Crippen LogP contribution in [0.15, 0.2) is 91.3 Å². The third-order valence-corrected chi connectivity index (χ3v) is 9.21. The number of nitrogens with zero attached hydrogens (tertiary/aromatic N) is 4. The summed E-state index contributed by atoms with van der Waals surface area (Å²) in [7, 11) is 0. The van der Waals surface area contributed by atoms with E-state index in [0.29, 0.717) is 61.5 Å². The van der Waals surface area contributed by atoms with Crippen molar-refractivity contribution < 1.29 is 24.2 Å². The average Bonchev–Trinajstić information content (AvgIpc) is 3.13. The van der Waals surface area contributed by atoms with E-state index in [4.69, 9.17) is 0 Å². The molecule has 0 bridgehead atoms. The van der Waals surface area contributed by atoms with Gasteiger partial charge in [-0.1, -0.05) is 69.6 Å². The fourth-order valence-electron chi connectivity index (χ4n) is 5.89. The molecule has 0 aliphatic carbocycles. The molecule has 2 aromatic carbocycles. The Morgan fingerprint density at radius 2 is 1.02 bits per heavy atom. The molecule has 6 rings (SSSR count). The van der Waals surface area contributed by atoms with Gasteiger partial charge >= 0.3 is 0 Å². The summed E-state index contributed by atoms with van der Waals surface area (Å²) in [4.78, 5) is 37.3. The van der Waals surface area contributed by atoms with Crippen molar-refractivity contribution in [3.05, 3.63) is 131 Å². The lowest BCUT2D eigenvalue weighted by molar-refractivity contribution is -0.0186. The predicted octanol–water partition coefficient (Wildman–Crippen LogP) is 5.57. The molecule has 0 spiro atoms. The normalized spacial score (nSPS) is 18.9. The molecular formula is C42H43FN4O4. The monoisotopic (exact) mass is 686 g/mol. The lowest BCUT2D eigenvalue weighted by atomic mass is 9.81. The largest absolute Gasteiger partial charge is 0.392 e. The maximum absolute atomic E-state index is 12.9. The van der Waals surface area contributed by atoms with Crippen LogP contribution in [0.3, 0.4) is 0 Å². The zero-order valence-electron chi connectivity index (χ0n) is 29.4. The minimum Gasteiger partial charge on any atom is -0.392 e. The molecule has 262 valence electrons. The Kier molecular flexibility index (Phi) is 11.7. The lowest BCUT2D eigenvalue weighted by Crippen LogP contribution is -2.50. The second-order valence-electron chi connectivity index (χ2n) is 14.3. The van der Waals surface area contributed by atoms with Gasteiger partial charge in [0.1, 0.15) is 17.2 Å². The molecule has 51 heavy (non-hydrogen) atoms. The molecular weight excluding hydrogens is 643 g/mol. The van der Waals surface area contributed by atoms with E-state index in [1.54, 1.807) is 52.5 Å². The van der Waals surface area contributed by atoms with Gasteiger partial charge in [-0.25, -0.2) is 14.4 Å².